The molecule has 0 spiro atoms. The lowest BCUT2D eigenvalue weighted by Crippen LogP contribution is -2.29. The summed E-state index contributed by atoms with van der Waals surface area (Å²) in [4.78, 5) is 19.8. The lowest BCUT2D eigenvalue weighted by Gasteiger charge is -2.27. The molecule has 1 saturated heterocycles. The number of anilines is 3. The highest BCUT2D eigenvalue weighted by atomic mass is 127. The fourth-order valence-corrected chi connectivity index (χ4v) is 5.85. The van der Waals surface area contributed by atoms with Crippen molar-refractivity contribution in [1.82, 2.24) is 14.8 Å². The average molecular weight is 632 g/mol. The summed E-state index contributed by atoms with van der Waals surface area (Å²) in [7, 11) is 1.92. The van der Waals surface area contributed by atoms with Crippen LogP contribution >= 0.6 is 22.6 Å². The van der Waals surface area contributed by atoms with Gasteiger partial charge in [0, 0.05) is 23.7 Å². The monoisotopic (exact) mass is 631 g/mol. The van der Waals surface area contributed by atoms with Crippen LogP contribution in [0.4, 0.5) is 17.2 Å². The molecule has 9 heteroatoms. The molecule has 3 heterocycles. The summed E-state index contributed by atoms with van der Waals surface area (Å²) in [5, 5.41) is 8.23. The van der Waals surface area contributed by atoms with E-state index in [-0.39, 0.29) is 18.0 Å². The third-order valence-corrected chi connectivity index (χ3v) is 8.84. The Kier molecular flexibility index (Phi) is 8.60. The van der Waals surface area contributed by atoms with E-state index in [0.717, 1.165) is 74.2 Å². The SMILES string of the molecule is CCCCOC(=O)[C@H]1CC[C@H](Oc2nn(C)c3ccc(Nc4cc(C)c(I)cc4N4CCCC4)nc23)CC1. The van der Waals surface area contributed by atoms with Gasteiger partial charge in [-0.25, -0.2) is 4.98 Å². The summed E-state index contributed by atoms with van der Waals surface area (Å²) in [5.41, 5.74) is 5.23. The number of pyridine rings is 1. The van der Waals surface area contributed by atoms with Crippen LogP contribution in [0.5, 0.6) is 5.88 Å². The molecule has 0 unspecified atom stereocenters. The molecule has 1 aromatic carbocycles. The number of rotatable bonds is 9. The maximum absolute atomic E-state index is 12.4. The van der Waals surface area contributed by atoms with Gasteiger partial charge in [-0.2, -0.15) is 0 Å². The lowest BCUT2D eigenvalue weighted by atomic mass is 9.87. The standard InChI is InChI=1S/C29H38IN5O3/c1-4-5-16-37-29(36)20-8-10-21(11-9-20)38-28-27-24(34(3)33-28)12-13-26(32-27)31-23-17-19(2)22(30)18-25(23)35-14-6-7-15-35/h12-13,17-18,20-21H,4-11,14-16H2,1-3H3,(H,31,32)/t20-,21-. The Morgan fingerprint density at radius 1 is 1.16 bits per heavy atom. The van der Waals surface area contributed by atoms with E-state index in [1.54, 1.807) is 0 Å². The summed E-state index contributed by atoms with van der Waals surface area (Å²) >= 11 is 2.42. The highest BCUT2D eigenvalue weighted by Gasteiger charge is 2.29. The number of aryl methyl sites for hydroxylation is 2. The van der Waals surface area contributed by atoms with Gasteiger partial charge in [-0.15, -0.1) is 5.10 Å². The van der Waals surface area contributed by atoms with E-state index in [0.29, 0.717) is 12.5 Å². The fourth-order valence-electron chi connectivity index (χ4n) is 5.39. The molecule has 2 fully saturated rings. The Morgan fingerprint density at radius 3 is 2.66 bits per heavy atom. The average Bonchev–Trinajstić information content (AvgIpc) is 3.55. The molecular formula is C29H38IN5O3. The molecule has 0 amide bonds. The van der Waals surface area contributed by atoms with Crippen LogP contribution in [-0.2, 0) is 16.6 Å². The van der Waals surface area contributed by atoms with Crippen molar-refractivity contribution in [2.75, 3.05) is 29.9 Å². The summed E-state index contributed by atoms with van der Waals surface area (Å²) in [6.07, 6.45) is 7.61. The van der Waals surface area contributed by atoms with Gasteiger partial charge in [-0.3, -0.25) is 9.48 Å². The molecule has 3 aromatic rings. The van der Waals surface area contributed by atoms with Gasteiger partial charge in [0.15, 0.2) is 5.52 Å². The number of hydrogen-bond donors (Lipinski definition) is 1. The maximum Gasteiger partial charge on any atom is 0.308 e. The van der Waals surface area contributed by atoms with Crippen molar-refractivity contribution in [2.45, 2.75) is 71.3 Å². The number of aromatic nitrogens is 3. The minimum Gasteiger partial charge on any atom is -0.472 e. The topological polar surface area (TPSA) is 81.5 Å². The number of carbonyl (C=O) groups excluding carboxylic acids is 1. The molecule has 1 aliphatic carbocycles. The third kappa shape index (κ3) is 6.02. The Bertz CT molecular complexity index is 1280. The molecule has 1 N–H and O–H groups in total. The Hall–Kier alpha value is -2.56. The van der Waals surface area contributed by atoms with E-state index >= 15 is 0 Å². The second kappa shape index (κ2) is 12.1. The number of ether oxygens (including phenoxy) is 2. The van der Waals surface area contributed by atoms with Crippen LogP contribution in [0.2, 0.25) is 0 Å². The number of unbranched alkanes of at least 4 members (excludes halogenated alkanes) is 1. The first-order valence-corrected chi connectivity index (χ1v) is 15.0. The van der Waals surface area contributed by atoms with Gasteiger partial charge in [0.05, 0.1) is 29.4 Å². The predicted molar refractivity (Wildman–Crippen MR) is 159 cm³/mol. The van der Waals surface area contributed by atoms with Gasteiger partial charge in [-0.05, 0) is 104 Å². The molecule has 8 nitrogen and oxygen atoms in total. The molecule has 5 rings (SSSR count). The number of carbonyl (C=O) groups is 1. The first-order chi connectivity index (χ1) is 18.4. The molecule has 0 atom stereocenters. The van der Waals surface area contributed by atoms with Gasteiger partial charge in [0.2, 0.25) is 0 Å². The van der Waals surface area contributed by atoms with Crippen LogP contribution in [0.25, 0.3) is 11.0 Å². The summed E-state index contributed by atoms with van der Waals surface area (Å²) < 4.78 is 14.9. The van der Waals surface area contributed by atoms with E-state index in [1.807, 2.05) is 23.9 Å². The number of nitrogens with zero attached hydrogens (tertiary/aromatic N) is 4. The van der Waals surface area contributed by atoms with Crippen LogP contribution in [0.1, 0.15) is 63.9 Å². The molecule has 204 valence electrons. The number of fused-ring (bicyclic) bond motifs is 1. The van der Waals surface area contributed by atoms with Gasteiger partial charge in [0.1, 0.15) is 11.9 Å². The van der Waals surface area contributed by atoms with Gasteiger partial charge in [-0.1, -0.05) is 13.3 Å². The Labute approximate surface area is 238 Å². The molecule has 2 aromatic heterocycles. The zero-order valence-electron chi connectivity index (χ0n) is 22.6. The summed E-state index contributed by atoms with van der Waals surface area (Å²) in [6.45, 7) is 6.93. The van der Waals surface area contributed by atoms with Crippen molar-refractivity contribution in [1.29, 1.82) is 0 Å². The van der Waals surface area contributed by atoms with Gasteiger partial charge >= 0.3 is 5.97 Å². The van der Waals surface area contributed by atoms with E-state index < -0.39 is 0 Å². The smallest absolute Gasteiger partial charge is 0.308 e. The minimum absolute atomic E-state index is 0.0202. The normalized spacial score (nSPS) is 19.6. The maximum atomic E-state index is 12.4. The molecule has 1 saturated carbocycles. The quantitative estimate of drug-likeness (QED) is 0.164. The Morgan fingerprint density at radius 2 is 1.92 bits per heavy atom. The van der Waals surface area contributed by atoms with Crippen LogP contribution in [0.3, 0.4) is 0 Å². The first kappa shape index (κ1) is 27.0. The number of benzene rings is 1. The molecule has 1 aliphatic heterocycles. The zero-order chi connectivity index (χ0) is 26.6. The third-order valence-electron chi connectivity index (χ3n) is 7.68. The van der Waals surface area contributed by atoms with Gasteiger partial charge < -0.3 is 19.7 Å². The number of halogens is 1. The van der Waals surface area contributed by atoms with Crippen molar-refractivity contribution in [3.05, 3.63) is 33.4 Å². The highest BCUT2D eigenvalue weighted by Crippen LogP contribution is 2.36. The fraction of sp³-hybridized carbons (Fsp3) is 0.552. The second-order valence-corrected chi connectivity index (χ2v) is 11.7. The highest BCUT2D eigenvalue weighted by molar-refractivity contribution is 14.1. The Balaban J connectivity index is 1.30. The van der Waals surface area contributed by atoms with Crippen LogP contribution in [0.15, 0.2) is 24.3 Å². The van der Waals surface area contributed by atoms with Crippen LogP contribution < -0.4 is 15.0 Å². The van der Waals surface area contributed by atoms with Crippen LogP contribution in [0, 0.1) is 16.4 Å². The predicted octanol–water partition coefficient (Wildman–Crippen LogP) is 6.51. The molecular weight excluding hydrogens is 593 g/mol. The van der Waals surface area contributed by atoms with E-state index in [1.165, 1.54) is 27.7 Å². The molecule has 38 heavy (non-hydrogen) atoms. The summed E-state index contributed by atoms with van der Waals surface area (Å²) in [6, 6.07) is 8.54. The first-order valence-electron chi connectivity index (χ1n) is 13.9. The van der Waals surface area contributed by atoms with Crippen molar-refractivity contribution >= 4 is 56.8 Å². The minimum atomic E-state index is -0.0586. The van der Waals surface area contributed by atoms with E-state index in [4.69, 9.17) is 14.5 Å². The lowest BCUT2D eigenvalue weighted by molar-refractivity contribution is -0.150. The molecule has 2 aliphatic rings. The van der Waals surface area contributed by atoms with Crippen molar-refractivity contribution < 1.29 is 14.3 Å². The number of hydrogen-bond acceptors (Lipinski definition) is 7. The van der Waals surface area contributed by atoms with Gasteiger partial charge in [0.25, 0.3) is 5.88 Å². The number of nitrogens with one attached hydrogen (secondary N) is 1. The van der Waals surface area contributed by atoms with Crippen molar-refractivity contribution in [3.63, 3.8) is 0 Å². The van der Waals surface area contributed by atoms with Crippen molar-refractivity contribution in [3.8, 4) is 5.88 Å². The number of esters is 1. The second-order valence-electron chi connectivity index (χ2n) is 10.5. The molecule has 0 bridgehead atoms. The largest absolute Gasteiger partial charge is 0.472 e. The van der Waals surface area contributed by atoms with Crippen LogP contribution in [-0.4, -0.2) is 46.5 Å². The molecule has 0 radical (unpaired) electrons. The zero-order valence-corrected chi connectivity index (χ0v) is 24.8. The summed E-state index contributed by atoms with van der Waals surface area (Å²) in [5.74, 6) is 1.24. The van der Waals surface area contributed by atoms with E-state index in [9.17, 15) is 4.79 Å². The van der Waals surface area contributed by atoms with Crippen molar-refractivity contribution in [2.24, 2.45) is 13.0 Å². The van der Waals surface area contributed by atoms with E-state index in [2.05, 4.69) is 63.9 Å².